The third kappa shape index (κ3) is 5.61. The predicted molar refractivity (Wildman–Crippen MR) is 118 cm³/mol. The number of sulfonamides is 1. The highest BCUT2D eigenvalue weighted by Crippen LogP contribution is 2.31. The quantitative estimate of drug-likeness (QED) is 0.676. The predicted octanol–water partition coefficient (Wildman–Crippen LogP) is 3.56. The van der Waals surface area contributed by atoms with Crippen molar-refractivity contribution in [2.45, 2.75) is 57.4 Å². The van der Waals surface area contributed by atoms with Gasteiger partial charge in [-0.3, -0.25) is 4.79 Å². The smallest absolute Gasteiger partial charge is 0.281 e. The molecular formula is C22H28N4O4S. The summed E-state index contributed by atoms with van der Waals surface area (Å²) in [5.41, 5.74) is 7.16. The zero-order chi connectivity index (χ0) is 22.8. The molecule has 1 saturated carbocycles. The first-order chi connectivity index (χ1) is 14.5. The van der Waals surface area contributed by atoms with Crippen LogP contribution in [0.5, 0.6) is 5.88 Å². The van der Waals surface area contributed by atoms with Crippen LogP contribution in [0.4, 0.5) is 5.82 Å². The van der Waals surface area contributed by atoms with Crippen LogP contribution in [0, 0.1) is 5.92 Å². The fourth-order valence-electron chi connectivity index (χ4n) is 3.26. The van der Waals surface area contributed by atoms with Gasteiger partial charge in [-0.2, -0.15) is 8.42 Å². The Balaban J connectivity index is 1.92. The molecule has 0 aromatic carbocycles. The Hall–Kier alpha value is -2.94. The molecule has 1 atom stereocenters. The van der Waals surface area contributed by atoms with Gasteiger partial charge in [0.05, 0.1) is 6.26 Å². The maximum Gasteiger partial charge on any atom is 0.281 e. The first-order valence-electron chi connectivity index (χ1n) is 10.1. The third-order valence-electron chi connectivity index (χ3n) is 5.03. The maximum atomic E-state index is 12.9. The number of rotatable bonds is 5. The molecule has 1 amide bonds. The molecule has 0 aliphatic heterocycles. The van der Waals surface area contributed by atoms with E-state index >= 15 is 0 Å². The van der Waals surface area contributed by atoms with E-state index in [9.17, 15) is 13.2 Å². The van der Waals surface area contributed by atoms with E-state index in [-0.39, 0.29) is 27.7 Å². The van der Waals surface area contributed by atoms with Gasteiger partial charge in [0.2, 0.25) is 5.88 Å². The standard InChI is InChI=1S/C22H28N4O4S/c1-14-8-9-15(12-14)13-30-21-16(10-11-17(24-21)22(2,3)4)20(27)26-31(28,29)19-7-5-6-18(23)25-19/h5-7,10-11,13-14H,8-9,12H2,1-4H3,(H2,23,25)(H,26,27)/b15-13+. The molecule has 0 saturated heterocycles. The van der Waals surface area contributed by atoms with Crippen molar-refractivity contribution in [1.82, 2.24) is 14.7 Å². The van der Waals surface area contributed by atoms with Gasteiger partial charge in [0.15, 0.2) is 5.03 Å². The second-order valence-corrected chi connectivity index (χ2v) is 10.5. The minimum atomic E-state index is -4.21. The van der Waals surface area contributed by atoms with E-state index in [1.54, 1.807) is 12.3 Å². The van der Waals surface area contributed by atoms with Crippen LogP contribution in [-0.2, 0) is 15.4 Å². The summed E-state index contributed by atoms with van der Waals surface area (Å²) in [5.74, 6) is -0.173. The molecular weight excluding hydrogens is 416 g/mol. The highest BCUT2D eigenvalue weighted by Gasteiger charge is 2.25. The number of nitrogen functional groups attached to an aromatic ring is 1. The van der Waals surface area contributed by atoms with Gasteiger partial charge in [0.25, 0.3) is 15.9 Å². The van der Waals surface area contributed by atoms with Crippen molar-refractivity contribution in [1.29, 1.82) is 0 Å². The number of nitrogens with zero attached hydrogens (tertiary/aromatic N) is 2. The molecule has 9 heteroatoms. The molecule has 1 aliphatic rings. The van der Waals surface area contributed by atoms with E-state index in [2.05, 4.69) is 16.9 Å². The minimum absolute atomic E-state index is 0.0170. The van der Waals surface area contributed by atoms with Crippen LogP contribution in [0.3, 0.4) is 0 Å². The fourth-order valence-corrected chi connectivity index (χ4v) is 4.20. The van der Waals surface area contributed by atoms with Crippen LogP contribution in [0.15, 0.2) is 47.2 Å². The number of hydrogen-bond acceptors (Lipinski definition) is 7. The van der Waals surface area contributed by atoms with Gasteiger partial charge in [0.1, 0.15) is 11.4 Å². The number of amides is 1. The van der Waals surface area contributed by atoms with E-state index in [1.165, 1.54) is 24.3 Å². The number of hydrogen-bond donors (Lipinski definition) is 2. The lowest BCUT2D eigenvalue weighted by Gasteiger charge is -2.19. The molecule has 2 aromatic rings. The average molecular weight is 445 g/mol. The van der Waals surface area contributed by atoms with Gasteiger partial charge in [-0.1, -0.05) is 33.8 Å². The summed E-state index contributed by atoms with van der Waals surface area (Å²) in [4.78, 5) is 21.1. The zero-order valence-electron chi connectivity index (χ0n) is 18.2. The SMILES string of the molecule is CC1CC/C(=C\Oc2nc(C(C)(C)C)ccc2C(=O)NS(=O)(=O)c2cccc(N)n2)C1. The lowest BCUT2D eigenvalue weighted by molar-refractivity contribution is 0.0978. The summed E-state index contributed by atoms with van der Waals surface area (Å²) < 4.78 is 33.0. The first-order valence-corrected chi connectivity index (χ1v) is 11.6. The molecule has 2 heterocycles. The van der Waals surface area contributed by atoms with Gasteiger partial charge in [-0.25, -0.2) is 14.7 Å². The monoisotopic (exact) mass is 444 g/mol. The summed E-state index contributed by atoms with van der Waals surface area (Å²) in [5, 5.41) is -0.343. The Bertz CT molecular complexity index is 1120. The minimum Gasteiger partial charge on any atom is -0.446 e. The summed E-state index contributed by atoms with van der Waals surface area (Å²) in [6.07, 6.45) is 4.57. The van der Waals surface area contributed by atoms with Gasteiger partial charge in [-0.05, 0) is 55.0 Å². The van der Waals surface area contributed by atoms with Crippen LogP contribution in [0.25, 0.3) is 0 Å². The molecule has 31 heavy (non-hydrogen) atoms. The lowest BCUT2D eigenvalue weighted by atomic mass is 9.91. The highest BCUT2D eigenvalue weighted by molar-refractivity contribution is 7.90. The lowest BCUT2D eigenvalue weighted by Crippen LogP contribution is -2.32. The first kappa shape index (κ1) is 22.7. The number of allylic oxidation sites excluding steroid dienone is 1. The number of carbonyl (C=O) groups is 1. The molecule has 2 aromatic heterocycles. The van der Waals surface area contributed by atoms with Crippen LogP contribution in [0.2, 0.25) is 0 Å². The van der Waals surface area contributed by atoms with Crippen molar-refractivity contribution in [3.8, 4) is 5.88 Å². The molecule has 1 fully saturated rings. The second-order valence-electron chi connectivity index (χ2n) is 8.88. The number of pyridine rings is 2. The molecule has 8 nitrogen and oxygen atoms in total. The topological polar surface area (TPSA) is 124 Å². The van der Waals surface area contributed by atoms with Crippen molar-refractivity contribution in [2.24, 2.45) is 5.92 Å². The van der Waals surface area contributed by atoms with Crippen molar-refractivity contribution in [2.75, 3.05) is 5.73 Å². The van der Waals surface area contributed by atoms with E-state index in [4.69, 9.17) is 10.5 Å². The van der Waals surface area contributed by atoms with Crippen molar-refractivity contribution in [3.05, 3.63) is 53.4 Å². The van der Waals surface area contributed by atoms with E-state index in [0.29, 0.717) is 5.92 Å². The molecule has 1 aliphatic carbocycles. The summed E-state index contributed by atoms with van der Waals surface area (Å²) in [7, 11) is -4.21. The van der Waals surface area contributed by atoms with Crippen LogP contribution in [0.1, 0.15) is 63.0 Å². The Labute approximate surface area is 183 Å². The largest absolute Gasteiger partial charge is 0.446 e. The molecule has 0 spiro atoms. The van der Waals surface area contributed by atoms with E-state index in [0.717, 1.165) is 30.5 Å². The number of nitrogens with two attached hydrogens (primary N) is 1. The Kier molecular flexibility index (Phi) is 6.35. The van der Waals surface area contributed by atoms with Crippen molar-refractivity contribution in [3.63, 3.8) is 0 Å². The molecule has 3 rings (SSSR count). The Morgan fingerprint density at radius 1 is 1.23 bits per heavy atom. The van der Waals surface area contributed by atoms with Crippen molar-refractivity contribution < 1.29 is 17.9 Å². The highest BCUT2D eigenvalue weighted by atomic mass is 32.2. The Morgan fingerprint density at radius 3 is 2.58 bits per heavy atom. The van der Waals surface area contributed by atoms with Crippen molar-refractivity contribution >= 4 is 21.7 Å². The zero-order valence-corrected chi connectivity index (χ0v) is 19.0. The third-order valence-corrected chi connectivity index (χ3v) is 6.26. The second kappa shape index (κ2) is 8.66. The number of ether oxygens (including phenoxy) is 1. The number of aromatic nitrogens is 2. The summed E-state index contributed by atoms with van der Waals surface area (Å²) in [6.45, 7) is 8.15. The van der Waals surface area contributed by atoms with Gasteiger partial charge >= 0.3 is 0 Å². The average Bonchev–Trinajstić information content (AvgIpc) is 3.10. The number of nitrogens with one attached hydrogen (secondary N) is 1. The van der Waals surface area contributed by atoms with E-state index < -0.39 is 15.9 Å². The molecule has 3 N–H and O–H groups in total. The number of anilines is 1. The van der Waals surface area contributed by atoms with E-state index in [1.807, 2.05) is 25.5 Å². The molecule has 166 valence electrons. The molecule has 1 unspecified atom stereocenters. The number of carbonyl (C=O) groups excluding carboxylic acids is 1. The van der Waals surface area contributed by atoms with Gasteiger partial charge in [-0.15, -0.1) is 0 Å². The fraction of sp³-hybridized carbons (Fsp3) is 0.409. The normalized spacial score (nSPS) is 18.2. The molecule has 0 bridgehead atoms. The van der Waals surface area contributed by atoms with Crippen LogP contribution in [-0.4, -0.2) is 24.3 Å². The summed E-state index contributed by atoms with van der Waals surface area (Å²) >= 11 is 0. The maximum absolute atomic E-state index is 12.9. The van der Waals surface area contributed by atoms with Crippen LogP contribution < -0.4 is 15.2 Å². The van der Waals surface area contributed by atoms with Gasteiger partial charge < -0.3 is 10.5 Å². The molecule has 0 radical (unpaired) electrons. The van der Waals surface area contributed by atoms with Crippen LogP contribution >= 0.6 is 0 Å². The Morgan fingerprint density at radius 2 is 1.97 bits per heavy atom. The van der Waals surface area contributed by atoms with Gasteiger partial charge in [0, 0.05) is 11.1 Å². The summed E-state index contributed by atoms with van der Waals surface area (Å²) in [6, 6.07) is 7.38.